The molecule has 3 heterocycles. The van der Waals surface area contributed by atoms with E-state index in [4.69, 9.17) is 0 Å². The fourth-order valence-electron chi connectivity index (χ4n) is 3.25. The average molecular weight is 410 g/mol. The van der Waals surface area contributed by atoms with Gasteiger partial charge in [-0.3, -0.25) is 14.9 Å². The van der Waals surface area contributed by atoms with E-state index in [2.05, 4.69) is 15.1 Å². The molecular formula is C19H18N6O3S. The van der Waals surface area contributed by atoms with Crippen LogP contribution in [0.25, 0.3) is 27.3 Å². The van der Waals surface area contributed by atoms with E-state index in [0.29, 0.717) is 35.0 Å². The Hall–Kier alpha value is -3.40. The van der Waals surface area contributed by atoms with E-state index in [0.717, 1.165) is 15.8 Å². The molecule has 148 valence electrons. The Morgan fingerprint density at radius 3 is 2.55 bits per heavy atom. The molecule has 4 rings (SSSR count). The minimum absolute atomic E-state index is 0.00908. The highest BCUT2D eigenvalue weighted by Gasteiger charge is 2.23. The first-order valence-corrected chi connectivity index (χ1v) is 9.94. The van der Waals surface area contributed by atoms with Crippen LogP contribution >= 0.6 is 11.3 Å². The smallest absolute Gasteiger partial charge is 0.269 e. The average Bonchev–Trinajstić information content (AvgIpc) is 3.30. The number of aryl methyl sites for hydroxylation is 1. The van der Waals surface area contributed by atoms with Crippen LogP contribution in [0, 0.1) is 17.0 Å². The van der Waals surface area contributed by atoms with E-state index in [9.17, 15) is 14.9 Å². The molecule has 9 nitrogen and oxygen atoms in total. The molecule has 0 aliphatic carbocycles. The summed E-state index contributed by atoms with van der Waals surface area (Å²) in [6.07, 6.45) is 1.57. The van der Waals surface area contributed by atoms with Crippen molar-refractivity contribution in [3.05, 3.63) is 51.1 Å². The SMILES string of the molecule is CCN(CC)C(=O)c1sc2ncn3nc(-c4ccc([N+](=O)[O-])cc4)nc3c2c1C. The van der Waals surface area contributed by atoms with Crippen LogP contribution in [0.5, 0.6) is 0 Å². The number of hydrogen-bond donors (Lipinski definition) is 0. The summed E-state index contributed by atoms with van der Waals surface area (Å²) in [7, 11) is 0. The van der Waals surface area contributed by atoms with Crippen LogP contribution in [0.4, 0.5) is 5.69 Å². The van der Waals surface area contributed by atoms with Gasteiger partial charge in [-0.05, 0) is 38.5 Å². The van der Waals surface area contributed by atoms with Crippen molar-refractivity contribution in [2.75, 3.05) is 13.1 Å². The van der Waals surface area contributed by atoms with Crippen LogP contribution in [0.15, 0.2) is 30.6 Å². The minimum Gasteiger partial charge on any atom is -0.338 e. The molecule has 29 heavy (non-hydrogen) atoms. The van der Waals surface area contributed by atoms with Gasteiger partial charge in [-0.1, -0.05) is 0 Å². The van der Waals surface area contributed by atoms with E-state index >= 15 is 0 Å². The maximum atomic E-state index is 12.9. The van der Waals surface area contributed by atoms with Gasteiger partial charge in [-0.2, -0.15) is 0 Å². The van der Waals surface area contributed by atoms with Gasteiger partial charge in [0.05, 0.1) is 15.2 Å². The number of fused-ring (bicyclic) bond motifs is 3. The highest BCUT2D eigenvalue weighted by molar-refractivity contribution is 7.20. The number of thiophene rings is 1. The number of nitrogens with zero attached hydrogens (tertiary/aromatic N) is 6. The molecule has 3 aromatic heterocycles. The van der Waals surface area contributed by atoms with Crippen LogP contribution in [-0.4, -0.2) is 48.4 Å². The lowest BCUT2D eigenvalue weighted by atomic mass is 10.2. The lowest BCUT2D eigenvalue weighted by Crippen LogP contribution is -2.30. The molecule has 0 radical (unpaired) electrons. The van der Waals surface area contributed by atoms with Gasteiger partial charge in [0.1, 0.15) is 11.2 Å². The lowest BCUT2D eigenvalue weighted by molar-refractivity contribution is -0.384. The molecule has 0 atom stereocenters. The van der Waals surface area contributed by atoms with Gasteiger partial charge < -0.3 is 4.90 Å². The fourth-order valence-corrected chi connectivity index (χ4v) is 4.36. The molecule has 0 saturated heterocycles. The van der Waals surface area contributed by atoms with Gasteiger partial charge in [0.2, 0.25) is 0 Å². The van der Waals surface area contributed by atoms with E-state index in [1.807, 2.05) is 20.8 Å². The normalized spacial score (nSPS) is 11.3. The molecule has 0 fully saturated rings. The van der Waals surface area contributed by atoms with Crippen molar-refractivity contribution < 1.29 is 9.72 Å². The number of benzene rings is 1. The summed E-state index contributed by atoms with van der Waals surface area (Å²) in [5, 5.41) is 16.1. The molecule has 0 N–H and O–H groups in total. The maximum absolute atomic E-state index is 12.9. The standard InChI is InChI=1S/C19H18N6O3S/c1-4-23(5-2)19(26)15-11(3)14-17-21-16(22-24(17)10-20-18(14)29-15)12-6-8-13(9-7-12)25(27)28/h6-10H,4-5H2,1-3H3. The van der Waals surface area contributed by atoms with E-state index in [-0.39, 0.29) is 11.6 Å². The summed E-state index contributed by atoms with van der Waals surface area (Å²) < 4.78 is 1.57. The van der Waals surface area contributed by atoms with Crippen LogP contribution < -0.4 is 0 Å². The summed E-state index contributed by atoms with van der Waals surface area (Å²) in [6, 6.07) is 6.08. The molecule has 0 saturated carbocycles. The second-order valence-electron chi connectivity index (χ2n) is 6.47. The number of aromatic nitrogens is 4. The zero-order chi connectivity index (χ0) is 20.7. The quantitative estimate of drug-likeness (QED) is 0.367. The molecular weight excluding hydrogens is 392 g/mol. The molecule has 1 amide bonds. The summed E-state index contributed by atoms with van der Waals surface area (Å²) in [5.41, 5.74) is 2.12. The fraction of sp³-hybridized carbons (Fsp3) is 0.263. The number of amides is 1. The molecule has 10 heteroatoms. The summed E-state index contributed by atoms with van der Waals surface area (Å²) >= 11 is 1.36. The number of non-ortho nitro benzene ring substituents is 1. The van der Waals surface area contributed by atoms with E-state index in [1.165, 1.54) is 23.5 Å². The minimum atomic E-state index is -0.447. The summed E-state index contributed by atoms with van der Waals surface area (Å²) in [4.78, 5) is 35.5. The highest BCUT2D eigenvalue weighted by atomic mass is 32.1. The number of rotatable bonds is 5. The van der Waals surface area contributed by atoms with Crippen molar-refractivity contribution in [3.8, 4) is 11.4 Å². The first-order valence-electron chi connectivity index (χ1n) is 9.13. The van der Waals surface area contributed by atoms with Gasteiger partial charge in [-0.25, -0.2) is 14.5 Å². The Morgan fingerprint density at radius 2 is 1.93 bits per heavy atom. The van der Waals surface area contributed by atoms with Crippen molar-refractivity contribution in [2.24, 2.45) is 0 Å². The zero-order valence-electron chi connectivity index (χ0n) is 16.1. The molecule has 1 aromatic carbocycles. The van der Waals surface area contributed by atoms with E-state index < -0.39 is 4.92 Å². The monoisotopic (exact) mass is 410 g/mol. The third-order valence-electron chi connectivity index (χ3n) is 4.85. The number of hydrogen-bond acceptors (Lipinski definition) is 7. The third kappa shape index (κ3) is 3.11. The van der Waals surface area contributed by atoms with Crippen molar-refractivity contribution in [1.29, 1.82) is 0 Å². The molecule has 0 spiro atoms. The Balaban J connectivity index is 1.84. The first-order chi connectivity index (χ1) is 13.9. The van der Waals surface area contributed by atoms with Gasteiger partial charge in [0, 0.05) is 30.8 Å². The topological polar surface area (TPSA) is 107 Å². The summed E-state index contributed by atoms with van der Waals surface area (Å²) in [6.45, 7) is 7.09. The predicted molar refractivity (Wildman–Crippen MR) is 110 cm³/mol. The van der Waals surface area contributed by atoms with Crippen molar-refractivity contribution in [2.45, 2.75) is 20.8 Å². The number of carbonyl (C=O) groups excluding carboxylic acids is 1. The Morgan fingerprint density at radius 1 is 1.24 bits per heavy atom. The summed E-state index contributed by atoms with van der Waals surface area (Å²) in [5.74, 6) is 0.431. The van der Waals surface area contributed by atoms with Crippen molar-refractivity contribution in [3.63, 3.8) is 0 Å². The van der Waals surface area contributed by atoms with Crippen molar-refractivity contribution >= 4 is 38.8 Å². The van der Waals surface area contributed by atoms with Crippen LogP contribution in [0.3, 0.4) is 0 Å². The maximum Gasteiger partial charge on any atom is 0.269 e. The first kappa shape index (κ1) is 18.9. The number of nitro groups is 1. The second-order valence-corrected chi connectivity index (χ2v) is 7.46. The Bertz CT molecular complexity index is 1240. The number of carbonyl (C=O) groups is 1. The molecule has 4 aromatic rings. The Kier molecular flexibility index (Phi) is 4.71. The molecule has 0 aliphatic heterocycles. The van der Waals surface area contributed by atoms with Gasteiger partial charge in [-0.15, -0.1) is 16.4 Å². The van der Waals surface area contributed by atoms with Crippen molar-refractivity contribution in [1.82, 2.24) is 24.5 Å². The highest BCUT2D eigenvalue weighted by Crippen LogP contribution is 2.33. The van der Waals surface area contributed by atoms with Gasteiger partial charge in [0.25, 0.3) is 11.6 Å². The van der Waals surface area contributed by atoms with Crippen LogP contribution in [0.1, 0.15) is 29.1 Å². The third-order valence-corrected chi connectivity index (χ3v) is 6.04. The molecule has 0 bridgehead atoms. The molecule has 0 aliphatic rings. The predicted octanol–water partition coefficient (Wildman–Crippen LogP) is 3.70. The number of nitro benzene ring substituents is 1. The Labute approximate surface area is 169 Å². The largest absolute Gasteiger partial charge is 0.338 e. The molecule has 0 unspecified atom stereocenters. The van der Waals surface area contributed by atoms with Crippen LogP contribution in [0.2, 0.25) is 0 Å². The zero-order valence-corrected chi connectivity index (χ0v) is 16.9. The van der Waals surface area contributed by atoms with E-state index in [1.54, 1.807) is 27.9 Å². The van der Waals surface area contributed by atoms with Gasteiger partial charge >= 0.3 is 0 Å². The van der Waals surface area contributed by atoms with Crippen LogP contribution in [-0.2, 0) is 0 Å². The van der Waals surface area contributed by atoms with Gasteiger partial charge in [0.15, 0.2) is 11.5 Å². The lowest BCUT2D eigenvalue weighted by Gasteiger charge is -2.17. The second kappa shape index (κ2) is 7.21.